The molecule has 0 radical (unpaired) electrons. The van der Waals surface area contributed by atoms with Crippen LogP contribution in [0.3, 0.4) is 0 Å². The molecule has 0 saturated carbocycles. The fourth-order valence-corrected chi connectivity index (χ4v) is 3.30. The van der Waals surface area contributed by atoms with Gasteiger partial charge in [-0.3, -0.25) is 4.79 Å². The highest BCUT2D eigenvalue weighted by Crippen LogP contribution is 2.33. The van der Waals surface area contributed by atoms with Crippen molar-refractivity contribution in [2.75, 3.05) is 40.6 Å². The normalized spacial score (nSPS) is 11.1. The highest BCUT2D eigenvalue weighted by molar-refractivity contribution is 5.98. The first-order valence-electron chi connectivity index (χ1n) is 9.56. The van der Waals surface area contributed by atoms with Crippen LogP contribution in [0.4, 0.5) is 0 Å². The van der Waals surface area contributed by atoms with Crippen molar-refractivity contribution in [3.05, 3.63) is 64.6 Å². The summed E-state index contributed by atoms with van der Waals surface area (Å²) in [5.41, 5.74) is 2.76. The molecule has 0 spiro atoms. The molecular weight excluding hydrogens is 370 g/mol. The van der Waals surface area contributed by atoms with E-state index in [0.29, 0.717) is 44.2 Å². The van der Waals surface area contributed by atoms with Crippen LogP contribution < -0.4 is 10.3 Å². The molecule has 0 atom stereocenters. The topological polar surface area (TPSA) is 58.9 Å². The largest absolute Gasteiger partial charge is 0.497 e. The standard InChI is InChI=1S/C23H27NO5/c1-24-21(16-29-14-13-28-12-11-26-2)22(17-7-5-4-6-8-17)20-15-18(27-3)9-10-19(20)23(24)25/h4-10,15H,11-14,16H2,1-3H3. The number of aromatic nitrogens is 1. The van der Waals surface area contributed by atoms with Gasteiger partial charge in [0, 0.05) is 30.5 Å². The Balaban J connectivity index is 1.99. The quantitative estimate of drug-likeness (QED) is 0.491. The van der Waals surface area contributed by atoms with Crippen molar-refractivity contribution in [2.45, 2.75) is 6.61 Å². The number of nitrogens with zero attached hydrogens (tertiary/aromatic N) is 1. The summed E-state index contributed by atoms with van der Waals surface area (Å²) in [6, 6.07) is 15.6. The van der Waals surface area contributed by atoms with Gasteiger partial charge in [0.25, 0.3) is 5.56 Å². The number of ether oxygens (including phenoxy) is 4. The Morgan fingerprint density at radius 2 is 1.59 bits per heavy atom. The Hall–Kier alpha value is -2.67. The van der Waals surface area contributed by atoms with Crippen molar-refractivity contribution >= 4 is 10.8 Å². The molecule has 6 nitrogen and oxygen atoms in total. The number of rotatable bonds is 10. The van der Waals surface area contributed by atoms with Crippen molar-refractivity contribution in [2.24, 2.45) is 7.05 Å². The molecule has 154 valence electrons. The molecule has 0 N–H and O–H groups in total. The Labute approximate surface area is 170 Å². The molecule has 0 saturated heterocycles. The molecule has 0 amide bonds. The lowest BCUT2D eigenvalue weighted by molar-refractivity contribution is 0.0187. The Kier molecular flexibility index (Phi) is 7.41. The second-order valence-corrected chi connectivity index (χ2v) is 6.62. The molecular formula is C23H27NO5. The predicted molar refractivity (Wildman–Crippen MR) is 114 cm³/mol. The molecule has 0 aliphatic rings. The molecule has 1 heterocycles. The van der Waals surface area contributed by atoms with Gasteiger partial charge in [-0.15, -0.1) is 0 Å². The van der Waals surface area contributed by atoms with Crippen molar-refractivity contribution in [1.82, 2.24) is 4.57 Å². The molecule has 2 aromatic carbocycles. The molecule has 0 bridgehead atoms. The van der Waals surface area contributed by atoms with Crippen LogP contribution >= 0.6 is 0 Å². The summed E-state index contributed by atoms with van der Waals surface area (Å²) in [7, 11) is 5.05. The Bertz CT molecular complexity index is 998. The fourth-order valence-electron chi connectivity index (χ4n) is 3.30. The first-order chi connectivity index (χ1) is 14.2. The molecule has 1 aromatic heterocycles. The van der Waals surface area contributed by atoms with Crippen LogP contribution in [0.5, 0.6) is 5.75 Å². The van der Waals surface area contributed by atoms with Gasteiger partial charge in [-0.1, -0.05) is 30.3 Å². The number of methoxy groups -OCH3 is 2. The van der Waals surface area contributed by atoms with Crippen LogP contribution in [-0.2, 0) is 27.9 Å². The minimum atomic E-state index is -0.0581. The molecule has 29 heavy (non-hydrogen) atoms. The summed E-state index contributed by atoms with van der Waals surface area (Å²) < 4.78 is 23.3. The highest BCUT2D eigenvalue weighted by Gasteiger charge is 2.17. The van der Waals surface area contributed by atoms with E-state index in [4.69, 9.17) is 18.9 Å². The van der Waals surface area contributed by atoms with Crippen LogP contribution in [0, 0.1) is 0 Å². The second-order valence-electron chi connectivity index (χ2n) is 6.62. The maximum absolute atomic E-state index is 13.0. The van der Waals surface area contributed by atoms with E-state index in [9.17, 15) is 4.79 Å². The molecule has 3 aromatic rings. The van der Waals surface area contributed by atoms with E-state index in [1.807, 2.05) is 48.5 Å². The van der Waals surface area contributed by atoms with Gasteiger partial charge >= 0.3 is 0 Å². The monoisotopic (exact) mass is 397 g/mol. The summed E-state index contributed by atoms with van der Waals surface area (Å²) in [4.78, 5) is 13.0. The first-order valence-corrected chi connectivity index (χ1v) is 9.56. The molecule has 0 fully saturated rings. The van der Waals surface area contributed by atoms with Gasteiger partial charge in [0.15, 0.2) is 0 Å². The minimum Gasteiger partial charge on any atom is -0.497 e. The lowest BCUT2D eigenvalue weighted by atomic mass is 9.97. The number of fused-ring (bicyclic) bond motifs is 1. The Morgan fingerprint density at radius 1 is 0.862 bits per heavy atom. The van der Waals surface area contributed by atoms with Gasteiger partial charge in [-0.05, 0) is 23.8 Å². The van der Waals surface area contributed by atoms with Crippen LogP contribution in [0.25, 0.3) is 21.9 Å². The van der Waals surface area contributed by atoms with E-state index in [0.717, 1.165) is 22.2 Å². The maximum atomic E-state index is 13.0. The predicted octanol–water partition coefficient (Wildman–Crippen LogP) is 3.39. The third kappa shape index (κ3) is 4.85. The van der Waals surface area contributed by atoms with Crippen molar-refractivity contribution in [3.8, 4) is 16.9 Å². The molecule has 6 heteroatoms. The molecule has 3 rings (SSSR count). The van der Waals surface area contributed by atoms with Crippen LogP contribution in [0.2, 0.25) is 0 Å². The van der Waals surface area contributed by atoms with Gasteiger partial charge in [-0.25, -0.2) is 0 Å². The summed E-state index contributed by atoms with van der Waals surface area (Å²) in [5, 5.41) is 1.51. The van der Waals surface area contributed by atoms with E-state index in [1.165, 1.54) is 0 Å². The summed E-state index contributed by atoms with van der Waals surface area (Å²) in [6.45, 7) is 2.29. The SMILES string of the molecule is COCCOCCOCc1c(-c2ccccc2)c2cc(OC)ccc2c(=O)n1C. The molecule has 0 aliphatic heterocycles. The van der Waals surface area contributed by atoms with Gasteiger partial charge < -0.3 is 23.5 Å². The second kappa shape index (κ2) is 10.2. The average molecular weight is 397 g/mol. The van der Waals surface area contributed by atoms with E-state index in [1.54, 1.807) is 25.8 Å². The van der Waals surface area contributed by atoms with Crippen molar-refractivity contribution in [1.29, 1.82) is 0 Å². The van der Waals surface area contributed by atoms with E-state index in [-0.39, 0.29) is 5.56 Å². The number of benzene rings is 2. The zero-order chi connectivity index (χ0) is 20.6. The smallest absolute Gasteiger partial charge is 0.258 e. The number of hydrogen-bond donors (Lipinski definition) is 0. The zero-order valence-corrected chi connectivity index (χ0v) is 17.1. The van der Waals surface area contributed by atoms with Crippen molar-refractivity contribution < 1.29 is 18.9 Å². The lowest BCUT2D eigenvalue weighted by Gasteiger charge is -2.18. The third-order valence-corrected chi connectivity index (χ3v) is 4.83. The number of pyridine rings is 1. The van der Waals surface area contributed by atoms with Gasteiger partial charge in [0.1, 0.15) is 5.75 Å². The first kappa shape index (κ1) is 21.0. The highest BCUT2D eigenvalue weighted by atomic mass is 16.5. The molecule has 0 unspecified atom stereocenters. The summed E-state index contributed by atoms with van der Waals surface area (Å²) >= 11 is 0. The number of hydrogen-bond acceptors (Lipinski definition) is 5. The van der Waals surface area contributed by atoms with E-state index >= 15 is 0 Å². The maximum Gasteiger partial charge on any atom is 0.258 e. The average Bonchev–Trinajstić information content (AvgIpc) is 2.76. The minimum absolute atomic E-state index is 0.0581. The summed E-state index contributed by atoms with van der Waals surface area (Å²) in [6.07, 6.45) is 0. The zero-order valence-electron chi connectivity index (χ0n) is 17.1. The fraction of sp³-hybridized carbons (Fsp3) is 0.348. The van der Waals surface area contributed by atoms with Crippen LogP contribution in [0.1, 0.15) is 5.69 Å². The van der Waals surface area contributed by atoms with Gasteiger partial charge in [-0.2, -0.15) is 0 Å². The van der Waals surface area contributed by atoms with E-state index in [2.05, 4.69) is 0 Å². The summed E-state index contributed by atoms with van der Waals surface area (Å²) in [5.74, 6) is 0.710. The van der Waals surface area contributed by atoms with E-state index < -0.39 is 0 Å². The Morgan fingerprint density at radius 3 is 2.31 bits per heavy atom. The van der Waals surface area contributed by atoms with Gasteiger partial charge in [0.2, 0.25) is 0 Å². The van der Waals surface area contributed by atoms with Crippen LogP contribution in [0.15, 0.2) is 53.3 Å². The molecule has 0 aliphatic carbocycles. The third-order valence-electron chi connectivity index (χ3n) is 4.83. The van der Waals surface area contributed by atoms with Crippen LogP contribution in [-0.4, -0.2) is 45.2 Å². The lowest BCUT2D eigenvalue weighted by Crippen LogP contribution is -2.23. The van der Waals surface area contributed by atoms with Crippen molar-refractivity contribution in [3.63, 3.8) is 0 Å². The van der Waals surface area contributed by atoms with Gasteiger partial charge in [0.05, 0.1) is 45.8 Å².